The van der Waals surface area contributed by atoms with Gasteiger partial charge in [0.15, 0.2) is 0 Å². The molecule has 1 aromatic rings. The predicted molar refractivity (Wildman–Crippen MR) is 78.2 cm³/mol. The number of benzene rings is 1. The highest BCUT2D eigenvalue weighted by Gasteiger charge is 2.16. The molecule has 0 aliphatic carbocycles. The second-order valence-corrected chi connectivity index (χ2v) is 6.04. The van der Waals surface area contributed by atoms with Gasteiger partial charge < -0.3 is 5.32 Å². The van der Waals surface area contributed by atoms with Crippen molar-refractivity contribution in [3.63, 3.8) is 0 Å². The Bertz CT molecular complexity index is 406. The highest BCUT2D eigenvalue weighted by atomic mass is 79.9. The molecule has 1 rings (SSSR count). The minimum absolute atomic E-state index is 0.0304. The number of nitrogens with one attached hydrogen (secondary N) is 1. The van der Waals surface area contributed by atoms with Crippen LogP contribution in [-0.2, 0) is 0 Å². The topological polar surface area (TPSA) is 29.1 Å². The maximum absolute atomic E-state index is 12.1. The molecule has 0 spiro atoms. The fourth-order valence-corrected chi connectivity index (χ4v) is 2.68. The van der Waals surface area contributed by atoms with Gasteiger partial charge in [0.1, 0.15) is 0 Å². The van der Waals surface area contributed by atoms with E-state index in [0.717, 1.165) is 15.4 Å². The molecule has 17 heavy (non-hydrogen) atoms. The first kappa shape index (κ1) is 14.7. The Hall–Kier alpha value is -0.350. The molecule has 0 heterocycles. The van der Waals surface area contributed by atoms with Gasteiger partial charge >= 0.3 is 0 Å². The second-order valence-electron chi connectivity index (χ2n) is 4.27. The molecule has 0 saturated carbocycles. The van der Waals surface area contributed by atoms with Gasteiger partial charge in [-0.15, -0.1) is 0 Å². The maximum atomic E-state index is 12.1. The standard InChI is InChI=1S/C13H17Br2NO/c1-4-8(2)9(3)16-13(17)11-6-5-10(14)7-12(11)15/h5-9H,4H2,1-3H3,(H,16,17). The first-order valence-corrected chi connectivity index (χ1v) is 7.30. The normalized spacial score (nSPS) is 14.2. The number of rotatable bonds is 4. The molecule has 2 atom stereocenters. The quantitative estimate of drug-likeness (QED) is 0.846. The summed E-state index contributed by atoms with van der Waals surface area (Å²) in [5.74, 6) is 0.449. The van der Waals surface area contributed by atoms with E-state index < -0.39 is 0 Å². The molecule has 0 bridgehead atoms. The Labute approximate surface area is 119 Å². The molecule has 0 fully saturated rings. The fraction of sp³-hybridized carbons (Fsp3) is 0.462. The number of carbonyl (C=O) groups is 1. The van der Waals surface area contributed by atoms with Gasteiger partial charge in [-0.3, -0.25) is 4.79 Å². The van der Waals surface area contributed by atoms with Gasteiger partial charge in [-0.2, -0.15) is 0 Å². The van der Waals surface area contributed by atoms with Crippen molar-refractivity contribution in [1.82, 2.24) is 5.32 Å². The first-order chi connectivity index (χ1) is 7.95. The van der Waals surface area contributed by atoms with E-state index in [4.69, 9.17) is 0 Å². The van der Waals surface area contributed by atoms with Gasteiger partial charge in [0.05, 0.1) is 5.56 Å². The summed E-state index contributed by atoms with van der Waals surface area (Å²) in [6.45, 7) is 6.31. The Kier molecular flexibility index (Phi) is 5.67. The lowest BCUT2D eigenvalue weighted by molar-refractivity contribution is 0.0927. The smallest absolute Gasteiger partial charge is 0.252 e. The number of amides is 1. The Morgan fingerprint density at radius 1 is 1.35 bits per heavy atom. The molecular formula is C13H17Br2NO. The van der Waals surface area contributed by atoms with Crippen LogP contribution in [0.25, 0.3) is 0 Å². The molecule has 1 N–H and O–H groups in total. The maximum Gasteiger partial charge on any atom is 0.252 e. The number of hydrogen-bond donors (Lipinski definition) is 1. The molecule has 0 aliphatic heterocycles. The van der Waals surface area contributed by atoms with Crippen molar-refractivity contribution >= 4 is 37.8 Å². The highest BCUT2D eigenvalue weighted by molar-refractivity contribution is 9.11. The van der Waals surface area contributed by atoms with Crippen molar-refractivity contribution < 1.29 is 4.79 Å². The van der Waals surface area contributed by atoms with Gasteiger partial charge in [0, 0.05) is 15.0 Å². The van der Waals surface area contributed by atoms with Crippen molar-refractivity contribution in [3.05, 3.63) is 32.7 Å². The van der Waals surface area contributed by atoms with Crippen LogP contribution >= 0.6 is 31.9 Å². The third kappa shape index (κ3) is 4.11. The molecule has 1 aromatic carbocycles. The average molecular weight is 363 g/mol. The van der Waals surface area contributed by atoms with E-state index >= 15 is 0 Å². The molecule has 0 aliphatic rings. The van der Waals surface area contributed by atoms with Crippen molar-refractivity contribution in [1.29, 1.82) is 0 Å². The monoisotopic (exact) mass is 361 g/mol. The minimum Gasteiger partial charge on any atom is -0.349 e. The average Bonchev–Trinajstić information content (AvgIpc) is 2.27. The SMILES string of the molecule is CCC(C)C(C)NC(=O)c1ccc(Br)cc1Br. The van der Waals surface area contributed by atoms with Crippen LogP contribution in [0.15, 0.2) is 27.1 Å². The lowest BCUT2D eigenvalue weighted by Crippen LogP contribution is -2.37. The van der Waals surface area contributed by atoms with E-state index in [9.17, 15) is 4.79 Å². The molecule has 1 amide bonds. The van der Waals surface area contributed by atoms with Crippen LogP contribution in [0.5, 0.6) is 0 Å². The molecule has 2 unspecified atom stereocenters. The van der Waals surface area contributed by atoms with Gasteiger partial charge in [-0.05, 0) is 47.0 Å². The van der Waals surface area contributed by atoms with E-state index in [1.165, 1.54) is 0 Å². The molecule has 94 valence electrons. The summed E-state index contributed by atoms with van der Waals surface area (Å²) < 4.78 is 1.76. The zero-order chi connectivity index (χ0) is 13.0. The highest BCUT2D eigenvalue weighted by Crippen LogP contribution is 2.22. The third-order valence-electron chi connectivity index (χ3n) is 3.03. The van der Waals surface area contributed by atoms with E-state index in [1.54, 1.807) is 0 Å². The van der Waals surface area contributed by atoms with Gasteiger partial charge in [0.2, 0.25) is 0 Å². The number of halogens is 2. The summed E-state index contributed by atoms with van der Waals surface area (Å²) in [5, 5.41) is 3.02. The van der Waals surface area contributed by atoms with Crippen LogP contribution in [0.3, 0.4) is 0 Å². The van der Waals surface area contributed by atoms with Gasteiger partial charge in [-0.25, -0.2) is 0 Å². The van der Waals surface area contributed by atoms with Gasteiger partial charge in [-0.1, -0.05) is 36.2 Å². The molecule has 2 nitrogen and oxygen atoms in total. The number of carbonyl (C=O) groups excluding carboxylic acids is 1. The van der Waals surface area contributed by atoms with Crippen LogP contribution in [0, 0.1) is 5.92 Å². The Morgan fingerprint density at radius 2 is 2.00 bits per heavy atom. The van der Waals surface area contributed by atoms with Crippen molar-refractivity contribution in [3.8, 4) is 0 Å². The van der Waals surface area contributed by atoms with Crippen molar-refractivity contribution in [2.75, 3.05) is 0 Å². The van der Waals surface area contributed by atoms with E-state index in [2.05, 4.69) is 51.0 Å². The summed E-state index contributed by atoms with van der Waals surface area (Å²) in [4.78, 5) is 12.1. The van der Waals surface area contributed by atoms with E-state index in [-0.39, 0.29) is 11.9 Å². The molecule has 0 radical (unpaired) electrons. The minimum atomic E-state index is -0.0304. The van der Waals surface area contributed by atoms with Crippen LogP contribution in [0.1, 0.15) is 37.6 Å². The Morgan fingerprint density at radius 3 is 2.53 bits per heavy atom. The molecule has 4 heteroatoms. The second kappa shape index (κ2) is 6.55. The third-order valence-corrected chi connectivity index (χ3v) is 4.18. The van der Waals surface area contributed by atoms with Crippen molar-refractivity contribution in [2.24, 2.45) is 5.92 Å². The number of hydrogen-bond acceptors (Lipinski definition) is 1. The lowest BCUT2D eigenvalue weighted by atomic mass is 10.0. The largest absolute Gasteiger partial charge is 0.349 e. The van der Waals surface area contributed by atoms with E-state index in [0.29, 0.717) is 11.5 Å². The van der Waals surface area contributed by atoms with Crippen molar-refractivity contribution in [2.45, 2.75) is 33.2 Å². The lowest BCUT2D eigenvalue weighted by Gasteiger charge is -2.20. The summed E-state index contributed by atoms with van der Waals surface area (Å²) in [5.41, 5.74) is 0.670. The van der Waals surface area contributed by atoms with Crippen LogP contribution in [-0.4, -0.2) is 11.9 Å². The Balaban J connectivity index is 2.76. The van der Waals surface area contributed by atoms with Crippen LogP contribution < -0.4 is 5.32 Å². The van der Waals surface area contributed by atoms with Crippen LogP contribution in [0.4, 0.5) is 0 Å². The predicted octanol–water partition coefficient (Wildman–Crippen LogP) is 4.38. The molecular weight excluding hydrogens is 346 g/mol. The first-order valence-electron chi connectivity index (χ1n) is 5.71. The summed E-state index contributed by atoms with van der Waals surface area (Å²) in [7, 11) is 0. The zero-order valence-corrected chi connectivity index (χ0v) is 13.4. The fourth-order valence-electron chi connectivity index (χ4n) is 1.45. The van der Waals surface area contributed by atoms with Crippen LogP contribution in [0.2, 0.25) is 0 Å². The summed E-state index contributed by atoms with van der Waals surface area (Å²) in [6, 6.07) is 5.74. The van der Waals surface area contributed by atoms with E-state index in [1.807, 2.05) is 25.1 Å². The summed E-state index contributed by atoms with van der Waals surface area (Å²) in [6.07, 6.45) is 1.06. The zero-order valence-electron chi connectivity index (χ0n) is 10.3. The molecule has 0 saturated heterocycles. The van der Waals surface area contributed by atoms with Gasteiger partial charge in [0.25, 0.3) is 5.91 Å². The summed E-state index contributed by atoms with van der Waals surface area (Å²) >= 11 is 6.77. The molecule has 0 aromatic heterocycles.